The van der Waals surface area contributed by atoms with Gasteiger partial charge in [-0.2, -0.15) is 0 Å². The van der Waals surface area contributed by atoms with Crippen molar-refractivity contribution in [3.8, 4) is 16.3 Å². The Hall–Kier alpha value is -3.68. The maximum atomic E-state index is 12.6. The SMILES string of the molecule is COc1ccccc1NC(=O)c1ccc(NC(=O)c2csc(-c3cccc(Cl)c3)n2)cc1. The Labute approximate surface area is 193 Å². The number of carbonyl (C=O) groups is 2. The third kappa shape index (κ3) is 4.96. The van der Waals surface area contributed by atoms with E-state index in [0.29, 0.717) is 38.4 Å². The van der Waals surface area contributed by atoms with Crippen molar-refractivity contribution in [3.05, 3.63) is 94.5 Å². The summed E-state index contributed by atoms with van der Waals surface area (Å²) >= 11 is 7.40. The van der Waals surface area contributed by atoms with Crippen molar-refractivity contribution in [2.24, 2.45) is 0 Å². The van der Waals surface area contributed by atoms with Gasteiger partial charge in [-0.25, -0.2) is 4.98 Å². The lowest BCUT2D eigenvalue weighted by Gasteiger charge is -2.10. The molecule has 4 rings (SSSR count). The molecule has 0 aliphatic carbocycles. The number of amides is 2. The van der Waals surface area contributed by atoms with Gasteiger partial charge in [0.2, 0.25) is 0 Å². The molecule has 0 aliphatic heterocycles. The topological polar surface area (TPSA) is 80.3 Å². The van der Waals surface area contributed by atoms with Crippen molar-refractivity contribution in [2.45, 2.75) is 0 Å². The minimum Gasteiger partial charge on any atom is -0.495 e. The second kappa shape index (κ2) is 9.64. The van der Waals surface area contributed by atoms with Gasteiger partial charge in [0.05, 0.1) is 12.8 Å². The van der Waals surface area contributed by atoms with E-state index in [-0.39, 0.29) is 11.8 Å². The number of thiazole rings is 1. The van der Waals surface area contributed by atoms with Gasteiger partial charge < -0.3 is 15.4 Å². The first kappa shape index (κ1) is 21.5. The van der Waals surface area contributed by atoms with Crippen LogP contribution < -0.4 is 15.4 Å². The number of carbonyl (C=O) groups excluding carboxylic acids is 2. The van der Waals surface area contributed by atoms with Crippen LogP contribution in [0.4, 0.5) is 11.4 Å². The first-order chi connectivity index (χ1) is 15.5. The van der Waals surface area contributed by atoms with Crippen LogP contribution in [-0.4, -0.2) is 23.9 Å². The Morgan fingerprint density at radius 2 is 1.72 bits per heavy atom. The van der Waals surface area contributed by atoms with Gasteiger partial charge in [-0.15, -0.1) is 11.3 Å². The average molecular weight is 464 g/mol. The van der Waals surface area contributed by atoms with Crippen LogP contribution in [0.3, 0.4) is 0 Å². The van der Waals surface area contributed by atoms with Gasteiger partial charge in [-0.05, 0) is 48.5 Å². The van der Waals surface area contributed by atoms with Crippen LogP contribution >= 0.6 is 22.9 Å². The lowest BCUT2D eigenvalue weighted by molar-refractivity contribution is 0.101. The minimum atomic E-state index is -0.333. The van der Waals surface area contributed by atoms with Crippen molar-refractivity contribution in [1.29, 1.82) is 0 Å². The van der Waals surface area contributed by atoms with E-state index in [4.69, 9.17) is 16.3 Å². The number of aromatic nitrogens is 1. The highest BCUT2D eigenvalue weighted by atomic mass is 35.5. The summed E-state index contributed by atoms with van der Waals surface area (Å²) in [6, 6.07) is 21.1. The molecule has 160 valence electrons. The highest BCUT2D eigenvalue weighted by Crippen LogP contribution is 2.27. The molecule has 0 bridgehead atoms. The Morgan fingerprint density at radius 3 is 2.47 bits per heavy atom. The number of benzene rings is 3. The van der Waals surface area contributed by atoms with Gasteiger partial charge in [0.1, 0.15) is 16.5 Å². The van der Waals surface area contributed by atoms with E-state index in [1.54, 1.807) is 61.0 Å². The lowest BCUT2D eigenvalue weighted by Crippen LogP contribution is -2.14. The zero-order valence-electron chi connectivity index (χ0n) is 17.0. The third-order valence-electron chi connectivity index (χ3n) is 4.57. The number of halogens is 1. The van der Waals surface area contributed by atoms with Crippen LogP contribution in [0.15, 0.2) is 78.2 Å². The van der Waals surface area contributed by atoms with E-state index in [1.165, 1.54) is 11.3 Å². The average Bonchev–Trinajstić information content (AvgIpc) is 3.30. The lowest BCUT2D eigenvalue weighted by atomic mass is 10.2. The van der Waals surface area contributed by atoms with Crippen molar-refractivity contribution >= 4 is 46.1 Å². The summed E-state index contributed by atoms with van der Waals surface area (Å²) in [5, 5.41) is 8.63. The fourth-order valence-corrected chi connectivity index (χ4v) is 3.96. The molecular formula is C24H18ClN3O3S. The number of methoxy groups -OCH3 is 1. The summed E-state index contributed by atoms with van der Waals surface area (Å²) in [5.74, 6) is -0.0380. The number of hydrogen-bond donors (Lipinski definition) is 2. The number of nitrogens with zero attached hydrogens (tertiary/aromatic N) is 1. The molecule has 0 fully saturated rings. The van der Waals surface area contributed by atoms with E-state index in [9.17, 15) is 9.59 Å². The van der Waals surface area contributed by atoms with Crippen molar-refractivity contribution in [3.63, 3.8) is 0 Å². The Bertz CT molecular complexity index is 1270. The van der Waals surface area contributed by atoms with Crippen LogP contribution in [0, 0.1) is 0 Å². The molecule has 4 aromatic rings. The first-order valence-electron chi connectivity index (χ1n) is 9.61. The second-order valence-corrected chi connectivity index (χ2v) is 8.03. The Balaban J connectivity index is 1.41. The van der Waals surface area contributed by atoms with Crippen molar-refractivity contribution < 1.29 is 14.3 Å². The molecule has 6 nitrogen and oxygen atoms in total. The van der Waals surface area contributed by atoms with E-state index >= 15 is 0 Å². The molecular weight excluding hydrogens is 446 g/mol. The molecule has 32 heavy (non-hydrogen) atoms. The standard InChI is InChI=1S/C24H18ClN3O3S/c1-31-21-8-3-2-7-19(21)27-22(29)15-9-11-18(12-10-15)26-23(30)20-14-32-24(28-20)16-5-4-6-17(25)13-16/h2-14H,1H3,(H,26,30)(H,27,29). The van der Waals surface area contributed by atoms with Gasteiger partial charge in [0.15, 0.2) is 0 Å². The van der Waals surface area contributed by atoms with Crippen LogP contribution in [0.5, 0.6) is 5.75 Å². The van der Waals surface area contributed by atoms with Gasteiger partial charge in [-0.3, -0.25) is 9.59 Å². The molecule has 2 N–H and O–H groups in total. The maximum absolute atomic E-state index is 12.6. The molecule has 0 spiro atoms. The van der Waals surface area contributed by atoms with Gasteiger partial charge >= 0.3 is 0 Å². The number of para-hydroxylation sites is 2. The number of anilines is 2. The monoisotopic (exact) mass is 463 g/mol. The Morgan fingerprint density at radius 1 is 0.938 bits per heavy atom. The molecule has 0 saturated heterocycles. The molecule has 0 saturated carbocycles. The smallest absolute Gasteiger partial charge is 0.275 e. The molecule has 0 radical (unpaired) electrons. The quantitative estimate of drug-likeness (QED) is 0.368. The third-order valence-corrected chi connectivity index (χ3v) is 5.69. The van der Waals surface area contributed by atoms with Crippen LogP contribution in [0.25, 0.3) is 10.6 Å². The molecule has 1 heterocycles. The number of nitrogens with one attached hydrogen (secondary N) is 2. The second-order valence-electron chi connectivity index (χ2n) is 6.73. The number of rotatable bonds is 6. The number of ether oxygens (including phenoxy) is 1. The predicted octanol–water partition coefficient (Wildman–Crippen LogP) is 5.98. The minimum absolute atomic E-state index is 0.280. The highest BCUT2D eigenvalue weighted by Gasteiger charge is 2.14. The molecule has 2 amide bonds. The molecule has 3 aromatic carbocycles. The summed E-state index contributed by atoms with van der Waals surface area (Å²) in [4.78, 5) is 29.5. The van der Waals surface area contributed by atoms with E-state index in [1.807, 2.05) is 24.3 Å². The first-order valence-corrected chi connectivity index (χ1v) is 10.9. The predicted molar refractivity (Wildman–Crippen MR) is 128 cm³/mol. The summed E-state index contributed by atoms with van der Waals surface area (Å²) in [6.07, 6.45) is 0. The van der Waals surface area contributed by atoms with E-state index < -0.39 is 0 Å². The molecule has 8 heteroatoms. The molecule has 1 aromatic heterocycles. The van der Waals surface area contributed by atoms with Crippen molar-refractivity contribution in [2.75, 3.05) is 17.7 Å². The van der Waals surface area contributed by atoms with Gasteiger partial charge in [0.25, 0.3) is 11.8 Å². The Kier molecular flexibility index (Phi) is 6.49. The molecule has 0 atom stereocenters. The van der Waals surface area contributed by atoms with Crippen LogP contribution in [0.1, 0.15) is 20.8 Å². The summed E-state index contributed by atoms with van der Waals surface area (Å²) < 4.78 is 5.25. The van der Waals surface area contributed by atoms with Crippen LogP contribution in [0.2, 0.25) is 5.02 Å². The van der Waals surface area contributed by atoms with Gasteiger partial charge in [0, 0.05) is 27.2 Å². The molecule has 0 unspecified atom stereocenters. The molecule has 0 aliphatic rings. The zero-order valence-corrected chi connectivity index (χ0v) is 18.5. The largest absolute Gasteiger partial charge is 0.495 e. The van der Waals surface area contributed by atoms with E-state index in [0.717, 1.165) is 5.56 Å². The van der Waals surface area contributed by atoms with E-state index in [2.05, 4.69) is 15.6 Å². The van der Waals surface area contributed by atoms with Gasteiger partial charge in [-0.1, -0.05) is 35.9 Å². The fraction of sp³-hybridized carbons (Fsp3) is 0.0417. The number of hydrogen-bond acceptors (Lipinski definition) is 5. The summed E-state index contributed by atoms with van der Waals surface area (Å²) in [5.41, 5.74) is 2.75. The summed E-state index contributed by atoms with van der Waals surface area (Å²) in [6.45, 7) is 0. The zero-order chi connectivity index (χ0) is 22.5. The maximum Gasteiger partial charge on any atom is 0.275 e. The normalized spacial score (nSPS) is 10.4. The summed E-state index contributed by atoms with van der Waals surface area (Å²) in [7, 11) is 1.54. The highest BCUT2D eigenvalue weighted by molar-refractivity contribution is 7.13. The fourth-order valence-electron chi connectivity index (χ4n) is 2.97. The van der Waals surface area contributed by atoms with Crippen LogP contribution in [-0.2, 0) is 0 Å². The van der Waals surface area contributed by atoms with Crippen molar-refractivity contribution in [1.82, 2.24) is 4.98 Å².